The molecule has 0 aliphatic carbocycles. The highest BCUT2D eigenvalue weighted by Gasteiger charge is 2.46. The van der Waals surface area contributed by atoms with E-state index in [0.29, 0.717) is 0 Å². The van der Waals surface area contributed by atoms with E-state index in [1.807, 2.05) is 0 Å². The molecule has 2 N–H and O–H groups in total. The van der Waals surface area contributed by atoms with Crippen LogP contribution in [-0.2, 0) is 0 Å². The second-order valence-corrected chi connectivity index (χ2v) is 9.25. The molecule has 4 atom stereocenters. The fourth-order valence-corrected chi connectivity index (χ4v) is 5.25. The lowest BCUT2D eigenvalue weighted by molar-refractivity contribution is -1.92. The maximum atomic E-state index is 8.60. The molecule has 0 aromatic rings. The first-order chi connectivity index (χ1) is 12.4. The lowest BCUT2D eigenvalue weighted by Crippen LogP contribution is -2.63. The topological polar surface area (TPSA) is 185 Å². The van der Waals surface area contributed by atoms with Crippen molar-refractivity contribution in [1.29, 1.82) is 0 Å². The van der Waals surface area contributed by atoms with Crippen molar-refractivity contribution in [3.05, 3.63) is 0 Å². The first-order valence-corrected chi connectivity index (χ1v) is 11.7. The average Bonchev–Trinajstić information content (AvgIpc) is 2.52. The molecule has 4 fully saturated rings. The average molecular weight is 435 g/mol. The van der Waals surface area contributed by atoms with Crippen LogP contribution < -0.4 is 28.0 Å². The van der Waals surface area contributed by atoms with E-state index in [-0.39, 0.29) is 0 Å². The van der Waals surface area contributed by atoms with Gasteiger partial charge in [-0.2, -0.15) is 28.0 Å². The number of hydrogen-bond acceptors (Lipinski definition) is 10. The molecule has 4 aliphatic rings. The first-order valence-electron chi connectivity index (χ1n) is 9.16. The van der Waals surface area contributed by atoms with Gasteiger partial charge in [0.05, 0.1) is 29.8 Å². The molecule has 0 aromatic carbocycles. The quantitative estimate of drug-likeness (QED) is 0.371. The van der Waals surface area contributed by atoms with Crippen molar-refractivity contribution >= 4 is 0 Å². The van der Waals surface area contributed by atoms with Gasteiger partial charge in [-0.3, -0.25) is 9.80 Å². The number of piperidine rings is 4. The molecule has 0 amide bonds. The summed E-state index contributed by atoms with van der Waals surface area (Å²) >= 11 is 0. The van der Waals surface area contributed by atoms with Crippen molar-refractivity contribution < 1.29 is 57.8 Å². The van der Waals surface area contributed by atoms with Crippen molar-refractivity contribution in [1.82, 2.24) is 9.80 Å². The maximum Gasteiger partial charge on any atom is 0.0777 e. The van der Waals surface area contributed by atoms with E-state index in [4.69, 9.17) is 37.3 Å². The van der Waals surface area contributed by atoms with Crippen molar-refractivity contribution in [2.75, 3.05) is 26.2 Å². The Kier molecular flexibility index (Phi) is 8.50. The van der Waals surface area contributed by atoms with Gasteiger partial charge in [0.15, 0.2) is 0 Å². The van der Waals surface area contributed by atoms with Crippen LogP contribution in [0.5, 0.6) is 0 Å². The molecule has 12 heteroatoms. The molecule has 4 aliphatic heterocycles. The van der Waals surface area contributed by atoms with Gasteiger partial charge in [-0.15, -0.1) is 0 Å². The third-order valence-electron chi connectivity index (χ3n) is 5.96. The summed E-state index contributed by atoms with van der Waals surface area (Å²) in [6.45, 7) is 5.68. The Morgan fingerprint density at radius 2 is 0.963 bits per heavy atom. The van der Waals surface area contributed by atoms with E-state index in [0.717, 1.165) is 23.9 Å². The minimum absolute atomic E-state index is 0.961. The van der Waals surface area contributed by atoms with E-state index in [9.17, 15) is 0 Å². The molecular weight excluding hydrogens is 407 g/mol. The first kappa shape index (κ1) is 23.5. The summed E-state index contributed by atoms with van der Waals surface area (Å²) in [5.41, 5.74) is 0. The van der Waals surface area contributed by atoms with Crippen LogP contribution in [0.25, 0.3) is 0 Å². The minimum atomic E-state index is -4.69. The van der Waals surface area contributed by atoms with E-state index < -0.39 is 20.5 Å². The Morgan fingerprint density at radius 1 is 0.630 bits per heavy atom. The number of halogens is 2. The zero-order valence-corrected chi connectivity index (χ0v) is 16.6. The lowest BCUT2D eigenvalue weighted by Gasteiger charge is -2.57. The van der Waals surface area contributed by atoms with Crippen LogP contribution in [0.4, 0.5) is 0 Å². The van der Waals surface area contributed by atoms with Gasteiger partial charge in [0.25, 0.3) is 0 Å². The van der Waals surface area contributed by atoms with E-state index in [1.165, 1.54) is 64.7 Å². The van der Waals surface area contributed by atoms with Gasteiger partial charge in [0.1, 0.15) is 0 Å². The molecule has 0 saturated carbocycles. The SMILES string of the molecule is C1CCN2C[C@@H]3C[C@@H](CN4CCCC[C@@H]34)[C@H]2C1.[O-][Cl+3]([O-])([O-])O.[O-][Cl+3]([O-])([O-])O. The van der Waals surface area contributed by atoms with Crippen molar-refractivity contribution in [2.45, 2.75) is 57.0 Å². The molecule has 0 aromatic heterocycles. The van der Waals surface area contributed by atoms with Crippen molar-refractivity contribution in [2.24, 2.45) is 11.8 Å². The highest BCUT2D eigenvalue weighted by Crippen LogP contribution is 2.42. The molecule has 4 saturated heterocycles. The predicted molar refractivity (Wildman–Crippen MR) is 74.5 cm³/mol. The third kappa shape index (κ3) is 8.60. The summed E-state index contributed by atoms with van der Waals surface area (Å²) in [6.07, 6.45) is 10.5. The zero-order chi connectivity index (χ0) is 20.2. The summed E-state index contributed by atoms with van der Waals surface area (Å²) in [4.78, 5) is 5.74. The molecule has 27 heavy (non-hydrogen) atoms. The summed E-state index contributed by atoms with van der Waals surface area (Å²) in [7, 11) is -9.39. The minimum Gasteiger partial charge on any atom is -0.300 e. The molecule has 160 valence electrons. The van der Waals surface area contributed by atoms with Gasteiger partial charge in [-0.1, -0.05) is 12.8 Å². The van der Waals surface area contributed by atoms with Crippen LogP contribution in [0, 0.1) is 32.3 Å². The van der Waals surface area contributed by atoms with Gasteiger partial charge in [-0.25, -0.2) is 0 Å². The third-order valence-corrected chi connectivity index (χ3v) is 5.96. The standard InChI is InChI=1S/C15H26N2.2ClHO4/c1-3-7-16-11-13-9-12(14(16)5-1)10-17-8-4-2-6-15(13)17;2*2-1(3,4)5/h12-15H,1-11H2;2*(H,2,3,4,5)/t12-,13-,14-,15+;;/m0../s1. The summed E-state index contributed by atoms with van der Waals surface area (Å²) in [5.74, 6) is 2.03. The van der Waals surface area contributed by atoms with Crippen molar-refractivity contribution in [3.63, 3.8) is 0 Å². The van der Waals surface area contributed by atoms with Crippen molar-refractivity contribution in [3.8, 4) is 0 Å². The van der Waals surface area contributed by atoms with Crippen LogP contribution in [0.15, 0.2) is 0 Å². The van der Waals surface area contributed by atoms with Crippen LogP contribution >= 0.6 is 0 Å². The predicted octanol–water partition coefficient (Wildman–Crippen LogP) is -5.90. The van der Waals surface area contributed by atoms with Gasteiger partial charge >= 0.3 is 0 Å². The summed E-state index contributed by atoms with van der Waals surface area (Å²) < 4.78 is 65.4. The molecule has 10 nitrogen and oxygen atoms in total. The van der Waals surface area contributed by atoms with Gasteiger partial charge in [-0.05, 0) is 57.0 Å². The Bertz CT molecular complexity index is 410. The van der Waals surface area contributed by atoms with E-state index in [2.05, 4.69) is 9.80 Å². The lowest BCUT2D eigenvalue weighted by atomic mass is 9.71. The molecule has 0 unspecified atom stereocenters. The smallest absolute Gasteiger partial charge is 0.0777 e. The molecule has 4 rings (SSSR count). The second kappa shape index (κ2) is 9.79. The van der Waals surface area contributed by atoms with Crippen LogP contribution in [0.3, 0.4) is 0 Å². The maximum absolute atomic E-state index is 8.60. The van der Waals surface area contributed by atoms with Gasteiger partial charge in [0.2, 0.25) is 0 Å². The Labute approximate surface area is 163 Å². The zero-order valence-electron chi connectivity index (χ0n) is 15.1. The number of rotatable bonds is 0. The van der Waals surface area contributed by atoms with Gasteiger partial charge < -0.3 is 0 Å². The Balaban J connectivity index is 0.000000221. The fourth-order valence-electron chi connectivity index (χ4n) is 5.25. The highest BCUT2D eigenvalue weighted by atomic mass is 35.7. The second-order valence-electron chi connectivity index (χ2n) is 7.66. The normalized spacial score (nSPS) is 34.2. The number of nitrogens with zero attached hydrogens (tertiary/aromatic N) is 2. The summed E-state index contributed by atoms with van der Waals surface area (Å²) in [5, 5.41) is 0. The number of fused-ring (bicyclic) bond motifs is 6. The largest absolute Gasteiger partial charge is 0.300 e. The molecule has 0 spiro atoms. The Hall–Kier alpha value is 0.180. The van der Waals surface area contributed by atoms with Crippen LogP contribution in [0.2, 0.25) is 0 Å². The highest BCUT2D eigenvalue weighted by molar-refractivity contribution is 5.00. The van der Waals surface area contributed by atoms with Gasteiger partial charge in [0, 0.05) is 25.2 Å². The molecule has 4 heterocycles. The number of hydrogen-bond donors (Lipinski definition) is 2. The molecule has 0 radical (unpaired) electrons. The van der Waals surface area contributed by atoms with E-state index >= 15 is 0 Å². The molecule has 2 bridgehead atoms. The van der Waals surface area contributed by atoms with E-state index in [1.54, 1.807) is 6.42 Å². The monoisotopic (exact) mass is 434 g/mol. The fraction of sp³-hybridized carbons (Fsp3) is 1.00. The van der Waals surface area contributed by atoms with Crippen LogP contribution in [0.1, 0.15) is 44.9 Å². The van der Waals surface area contributed by atoms with Crippen LogP contribution in [-0.4, -0.2) is 57.4 Å². The molecular formula is C15H28Cl2N2O8. The Morgan fingerprint density at radius 3 is 1.30 bits per heavy atom. The summed E-state index contributed by atoms with van der Waals surface area (Å²) in [6, 6.07) is 1.92.